The van der Waals surface area contributed by atoms with Crippen molar-refractivity contribution in [2.45, 2.75) is 33.7 Å². The van der Waals surface area contributed by atoms with Crippen LogP contribution in [0.1, 0.15) is 23.6 Å². The van der Waals surface area contributed by atoms with Crippen molar-refractivity contribution >= 4 is 0 Å². The van der Waals surface area contributed by atoms with Crippen molar-refractivity contribution < 1.29 is 0 Å². The molecule has 102 valence electrons. The quantitative estimate of drug-likeness (QED) is 0.856. The minimum absolute atomic E-state index is 0.0625. The van der Waals surface area contributed by atoms with Gasteiger partial charge in [-0.25, -0.2) is 0 Å². The molecule has 0 unspecified atom stereocenters. The van der Waals surface area contributed by atoms with Crippen LogP contribution in [0.25, 0.3) is 11.3 Å². The zero-order valence-electron chi connectivity index (χ0n) is 12.1. The molecule has 0 aliphatic rings. The molecule has 1 aromatic carbocycles. The molecule has 2 rings (SSSR count). The van der Waals surface area contributed by atoms with Gasteiger partial charge < -0.3 is 4.57 Å². The molecule has 20 heavy (non-hydrogen) atoms. The molecule has 0 radical (unpaired) electrons. The van der Waals surface area contributed by atoms with Crippen molar-refractivity contribution in [2.24, 2.45) is 0 Å². The fourth-order valence-corrected chi connectivity index (χ4v) is 2.40. The van der Waals surface area contributed by atoms with Gasteiger partial charge in [0.05, 0.1) is 18.2 Å². The fraction of sp³-hybridized carbons (Fsp3) is 0.294. The molecule has 1 aromatic heterocycles. The Balaban J connectivity index is 2.70. The average molecular weight is 266 g/mol. The third-order valence-electron chi connectivity index (χ3n) is 3.51. The largest absolute Gasteiger partial charge is 0.308 e. The van der Waals surface area contributed by atoms with E-state index >= 15 is 0 Å². The van der Waals surface area contributed by atoms with E-state index in [1.165, 1.54) is 5.56 Å². The van der Waals surface area contributed by atoms with Crippen LogP contribution in [0.2, 0.25) is 0 Å². The highest BCUT2D eigenvalue weighted by atomic mass is 16.1. The van der Waals surface area contributed by atoms with E-state index in [0.717, 1.165) is 16.8 Å². The summed E-state index contributed by atoms with van der Waals surface area (Å²) in [7, 11) is 0. The number of hydrogen-bond donors (Lipinski definition) is 0. The Morgan fingerprint density at radius 1 is 1.20 bits per heavy atom. The third kappa shape index (κ3) is 2.50. The molecule has 0 aliphatic heterocycles. The second-order valence-corrected chi connectivity index (χ2v) is 4.95. The first-order valence-electron chi connectivity index (χ1n) is 6.75. The van der Waals surface area contributed by atoms with Crippen LogP contribution in [-0.2, 0) is 13.0 Å². The van der Waals surface area contributed by atoms with Crippen molar-refractivity contribution in [1.29, 1.82) is 5.26 Å². The van der Waals surface area contributed by atoms with Gasteiger partial charge in [0.15, 0.2) is 0 Å². The fourth-order valence-electron chi connectivity index (χ4n) is 2.40. The Kier molecular flexibility index (Phi) is 4.05. The molecule has 0 saturated carbocycles. The lowest BCUT2D eigenvalue weighted by atomic mass is 10.0. The topological polar surface area (TPSA) is 45.8 Å². The molecular weight excluding hydrogens is 248 g/mol. The minimum atomic E-state index is -0.0625. The summed E-state index contributed by atoms with van der Waals surface area (Å²) in [5, 5.41) is 8.78. The first-order chi connectivity index (χ1) is 9.58. The molecule has 3 nitrogen and oxygen atoms in total. The molecule has 0 aliphatic carbocycles. The predicted molar refractivity (Wildman–Crippen MR) is 80.6 cm³/mol. The van der Waals surface area contributed by atoms with E-state index in [0.29, 0.717) is 12.1 Å². The summed E-state index contributed by atoms with van der Waals surface area (Å²) in [6.45, 7) is 6.64. The number of pyridine rings is 1. The predicted octanol–water partition coefficient (Wildman–Crippen LogP) is 3.22. The summed E-state index contributed by atoms with van der Waals surface area (Å²) in [6.07, 6.45) is 0.159. The summed E-state index contributed by atoms with van der Waals surface area (Å²) in [5.74, 6) is 0. The Bertz CT molecular complexity index is 736. The molecule has 2 aromatic rings. The zero-order valence-corrected chi connectivity index (χ0v) is 12.1. The lowest BCUT2D eigenvalue weighted by Crippen LogP contribution is -2.24. The Hall–Kier alpha value is -2.34. The van der Waals surface area contributed by atoms with Crippen molar-refractivity contribution in [3.63, 3.8) is 0 Å². The summed E-state index contributed by atoms with van der Waals surface area (Å²) in [4.78, 5) is 12.4. The smallest absolute Gasteiger partial charge is 0.255 e. The molecule has 3 heteroatoms. The van der Waals surface area contributed by atoms with E-state index in [9.17, 15) is 4.79 Å². The van der Waals surface area contributed by atoms with Crippen LogP contribution in [-0.4, -0.2) is 4.57 Å². The monoisotopic (exact) mass is 266 g/mol. The van der Waals surface area contributed by atoms with E-state index in [1.54, 1.807) is 10.6 Å². The Labute approximate surface area is 119 Å². The number of rotatable bonds is 3. The van der Waals surface area contributed by atoms with Crippen LogP contribution in [0.3, 0.4) is 0 Å². The maximum absolute atomic E-state index is 12.4. The molecule has 0 atom stereocenters. The van der Waals surface area contributed by atoms with Gasteiger partial charge in [-0.15, -0.1) is 0 Å². The van der Waals surface area contributed by atoms with E-state index in [2.05, 4.69) is 18.2 Å². The second kappa shape index (κ2) is 5.75. The van der Waals surface area contributed by atoms with Gasteiger partial charge in [-0.1, -0.05) is 23.8 Å². The second-order valence-electron chi connectivity index (χ2n) is 4.95. The van der Waals surface area contributed by atoms with Crippen molar-refractivity contribution in [3.8, 4) is 17.3 Å². The number of nitrogens with zero attached hydrogens (tertiary/aromatic N) is 2. The number of benzene rings is 1. The van der Waals surface area contributed by atoms with Gasteiger partial charge in [0, 0.05) is 17.7 Å². The molecule has 0 spiro atoms. The van der Waals surface area contributed by atoms with Gasteiger partial charge in [-0.2, -0.15) is 5.26 Å². The van der Waals surface area contributed by atoms with Gasteiger partial charge in [0.2, 0.25) is 0 Å². The maximum Gasteiger partial charge on any atom is 0.255 e. The van der Waals surface area contributed by atoms with E-state index in [-0.39, 0.29) is 12.0 Å². The standard InChI is InChI=1S/C17H18N2O/c1-4-19-16(8-7-14(9-10-18)17(19)20)15-11-12(2)5-6-13(15)3/h5-8,11H,4,9H2,1-3H3. The van der Waals surface area contributed by atoms with E-state index < -0.39 is 0 Å². The van der Waals surface area contributed by atoms with Gasteiger partial charge in [0.1, 0.15) is 0 Å². The van der Waals surface area contributed by atoms with Crippen molar-refractivity contribution in [2.75, 3.05) is 0 Å². The van der Waals surface area contributed by atoms with Crippen molar-refractivity contribution in [1.82, 2.24) is 4.57 Å². The number of nitriles is 1. The molecular formula is C17H18N2O. The van der Waals surface area contributed by atoms with Gasteiger partial charge in [-0.05, 0) is 38.5 Å². The SMILES string of the molecule is CCn1c(-c2cc(C)ccc2C)ccc(CC#N)c1=O. The zero-order chi connectivity index (χ0) is 14.7. The average Bonchev–Trinajstić information content (AvgIpc) is 2.44. The first kappa shape index (κ1) is 14.1. The molecule has 0 bridgehead atoms. The lowest BCUT2D eigenvalue weighted by Gasteiger charge is -2.15. The van der Waals surface area contributed by atoms with Crippen molar-refractivity contribution in [3.05, 3.63) is 57.4 Å². The minimum Gasteiger partial charge on any atom is -0.308 e. The molecule has 0 saturated heterocycles. The first-order valence-corrected chi connectivity index (χ1v) is 6.75. The van der Waals surface area contributed by atoms with E-state index in [1.807, 2.05) is 32.9 Å². The van der Waals surface area contributed by atoms with E-state index in [4.69, 9.17) is 5.26 Å². The lowest BCUT2D eigenvalue weighted by molar-refractivity contribution is 0.727. The number of hydrogen-bond acceptors (Lipinski definition) is 2. The number of aryl methyl sites for hydroxylation is 2. The highest BCUT2D eigenvalue weighted by Crippen LogP contribution is 2.24. The Morgan fingerprint density at radius 2 is 1.95 bits per heavy atom. The Morgan fingerprint density at radius 3 is 2.60 bits per heavy atom. The maximum atomic E-state index is 12.4. The van der Waals surface area contributed by atoms with Gasteiger partial charge in [0.25, 0.3) is 5.56 Å². The highest BCUT2D eigenvalue weighted by Gasteiger charge is 2.11. The van der Waals surface area contributed by atoms with Gasteiger partial charge >= 0.3 is 0 Å². The summed E-state index contributed by atoms with van der Waals surface area (Å²) in [6, 6.07) is 12.0. The summed E-state index contributed by atoms with van der Waals surface area (Å²) < 4.78 is 1.74. The normalized spacial score (nSPS) is 10.3. The van der Waals surface area contributed by atoms with Crippen LogP contribution in [0.4, 0.5) is 0 Å². The third-order valence-corrected chi connectivity index (χ3v) is 3.51. The molecule has 0 fully saturated rings. The van der Waals surface area contributed by atoms with Crippen LogP contribution in [0.15, 0.2) is 35.1 Å². The van der Waals surface area contributed by atoms with Crippen LogP contribution in [0, 0.1) is 25.2 Å². The number of aromatic nitrogens is 1. The molecule has 0 amide bonds. The molecule has 1 heterocycles. The highest BCUT2D eigenvalue weighted by molar-refractivity contribution is 5.65. The van der Waals surface area contributed by atoms with Crippen LogP contribution >= 0.6 is 0 Å². The van der Waals surface area contributed by atoms with Gasteiger partial charge in [-0.3, -0.25) is 4.79 Å². The van der Waals surface area contributed by atoms with Crippen LogP contribution in [0.5, 0.6) is 0 Å². The molecule has 0 N–H and O–H groups in total. The summed E-state index contributed by atoms with van der Waals surface area (Å²) in [5.41, 5.74) is 4.80. The summed E-state index contributed by atoms with van der Waals surface area (Å²) >= 11 is 0. The van der Waals surface area contributed by atoms with Crippen LogP contribution < -0.4 is 5.56 Å².